The van der Waals surface area contributed by atoms with Crippen LogP contribution in [0.1, 0.15) is 30.5 Å². The van der Waals surface area contributed by atoms with Crippen LogP contribution in [0, 0.1) is 3.57 Å². The Morgan fingerprint density at radius 2 is 2.21 bits per heavy atom. The van der Waals surface area contributed by atoms with Gasteiger partial charge >= 0.3 is 0 Å². The average Bonchev–Trinajstić information content (AvgIpc) is 2.91. The molecule has 1 unspecified atom stereocenters. The molecule has 2 rings (SSSR count). The molecule has 2 aromatic rings. The van der Waals surface area contributed by atoms with Gasteiger partial charge in [-0.1, -0.05) is 24.6 Å². The Labute approximate surface area is 132 Å². The second-order valence-corrected chi connectivity index (χ2v) is 6.09. The van der Waals surface area contributed by atoms with Crippen molar-refractivity contribution in [2.45, 2.75) is 25.8 Å². The average molecular weight is 390 g/mol. The normalized spacial score (nSPS) is 12.6. The van der Waals surface area contributed by atoms with Crippen LogP contribution < -0.4 is 5.32 Å². The highest BCUT2D eigenvalue weighted by Crippen LogP contribution is 2.25. The van der Waals surface area contributed by atoms with E-state index in [4.69, 9.17) is 16.0 Å². The van der Waals surface area contributed by atoms with Crippen LogP contribution in [0.15, 0.2) is 41.2 Å². The van der Waals surface area contributed by atoms with Gasteiger partial charge in [0.05, 0.1) is 17.5 Å². The fourth-order valence-electron chi connectivity index (χ4n) is 2.00. The lowest BCUT2D eigenvalue weighted by Gasteiger charge is -2.19. The van der Waals surface area contributed by atoms with Gasteiger partial charge in [0.2, 0.25) is 0 Å². The van der Waals surface area contributed by atoms with Crippen LogP contribution in [0.5, 0.6) is 0 Å². The van der Waals surface area contributed by atoms with E-state index in [1.165, 1.54) is 11.1 Å². The topological polar surface area (TPSA) is 25.2 Å². The van der Waals surface area contributed by atoms with E-state index >= 15 is 0 Å². The van der Waals surface area contributed by atoms with E-state index in [9.17, 15) is 0 Å². The zero-order valence-electron chi connectivity index (χ0n) is 10.8. The second-order valence-electron chi connectivity index (χ2n) is 4.52. The Bertz CT molecular complexity index is 513. The molecule has 0 spiro atoms. The fraction of sp³-hybridized carbons (Fsp3) is 0.333. The van der Waals surface area contributed by atoms with E-state index in [0.29, 0.717) is 0 Å². The molecule has 1 N–H and O–H groups in total. The maximum atomic E-state index is 6.22. The summed E-state index contributed by atoms with van der Waals surface area (Å²) in [5.41, 5.74) is 2.42. The summed E-state index contributed by atoms with van der Waals surface area (Å²) in [6.45, 7) is 3.16. The third-order valence-corrected chi connectivity index (χ3v) is 4.58. The van der Waals surface area contributed by atoms with Gasteiger partial charge in [0.15, 0.2) is 0 Å². The fourth-order valence-corrected chi connectivity index (χ4v) is 2.52. The monoisotopic (exact) mass is 389 g/mol. The van der Waals surface area contributed by atoms with Crippen molar-refractivity contribution in [1.29, 1.82) is 0 Å². The summed E-state index contributed by atoms with van der Waals surface area (Å²) in [4.78, 5) is 0. The van der Waals surface area contributed by atoms with Gasteiger partial charge in [0.25, 0.3) is 0 Å². The highest BCUT2D eigenvalue weighted by molar-refractivity contribution is 14.1. The number of hydrogen-bond donors (Lipinski definition) is 1. The Kier molecular flexibility index (Phi) is 5.73. The zero-order chi connectivity index (χ0) is 13.7. The lowest BCUT2D eigenvalue weighted by atomic mass is 10.0. The van der Waals surface area contributed by atoms with Crippen molar-refractivity contribution in [2.75, 3.05) is 6.54 Å². The number of nitrogens with one attached hydrogen (secondary N) is 1. The summed E-state index contributed by atoms with van der Waals surface area (Å²) in [6.07, 6.45) is 5.54. The molecule has 0 saturated carbocycles. The predicted octanol–water partition coefficient (Wildman–Crippen LogP) is 4.82. The van der Waals surface area contributed by atoms with Gasteiger partial charge in [0.1, 0.15) is 0 Å². The molecule has 0 amide bonds. The van der Waals surface area contributed by atoms with E-state index in [2.05, 4.69) is 53.0 Å². The second kappa shape index (κ2) is 7.31. The first-order chi connectivity index (χ1) is 9.20. The maximum Gasteiger partial charge on any atom is 0.0935 e. The standard InChI is InChI=1S/C15H17ClINO/c1-2-6-18-15(8-11-5-7-19-10-11)12-3-4-14(17)13(16)9-12/h3-5,7,9-10,15,18H,2,6,8H2,1H3. The van der Waals surface area contributed by atoms with Crippen LogP contribution in [0.4, 0.5) is 0 Å². The lowest BCUT2D eigenvalue weighted by molar-refractivity contribution is 0.520. The van der Waals surface area contributed by atoms with Gasteiger partial charge in [-0.05, 0) is 71.3 Å². The van der Waals surface area contributed by atoms with Crippen molar-refractivity contribution < 1.29 is 4.42 Å². The highest BCUT2D eigenvalue weighted by Gasteiger charge is 2.13. The molecule has 0 aliphatic carbocycles. The predicted molar refractivity (Wildman–Crippen MR) is 87.6 cm³/mol. The summed E-state index contributed by atoms with van der Waals surface area (Å²) in [6, 6.07) is 8.54. The Hall–Kier alpha value is -0.520. The summed E-state index contributed by atoms with van der Waals surface area (Å²) < 4.78 is 6.23. The van der Waals surface area contributed by atoms with E-state index in [0.717, 1.165) is 28.0 Å². The van der Waals surface area contributed by atoms with Gasteiger partial charge in [-0.25, -0.2) is 0 Å². The smallest absolute Gasteiger partial charge is 0.0935 e. The molecular weight excluding hydrogens is 373 g/mol. The third-order valence-electron chi connectivity index (χ3n) is 3.01. The van der Waals surface area contributed by atoms with Crippen molar-refractivity contribution in [3.8, 4) is 0 Å². The molecule has 2 nitrogen and oxygen atoms in total. The third kappa shape index (κ3) is 4.23. The summed E-state index contributed by atoms with van der Waals surface area (Å²) in [5.74, 6) is 0. The zero-order valence-corrected chi connectivity index (χ0v) is 13.7. The molecule has 102 valence electrons. The number of benzene rings is 1. The van der Waals surface area contributed by atoms with Crippen LogP contribution in [-0.2, 0) is 6.42 Å². The summed E-state index contributed by atoms with van der Waals surface area (Å²) in [7, 11) is 0. The molecule has 0 bridgehead atoms. The van der Waals surface area contributed by atoms with Crippen molar-refractivity contribution >= 4 is 34.2 Å². The summed E-state index contributed by atoms with van der Waals surface area (Å²) in [5, 5.41) is 4.38. The van der Waals surface area contributed by atoms with Gasteiger partial charge < -0.3 is 9.73 Å². The molecule has 1 heterocycles. The number of hydrogen-bond acceptors (Lipinski definition) is 2. The Balaban J connectivity index is 2.18. The molecule has 0 aliphatic rings. The minimum atomic E-state index is 0.270. The Morgan fingerprint density at radius 3 is 2.84 bits per heavy atom. The van der Waals surface area contributed by atoms with Gasteiger partial charge in [-0.15, -0.1) is 0 Å². The first kappa shape index (κ1) is 14.9. The molecule has 19 heavy (non-hydrogen) atoms. The Morgan fingerprint density at radius 1 is 1.37 bits per heavy atom. The SMILES string of the molecule is CCCNC(Cc1ccoc1)c1ccc(I)c(Cl)c1. The summed E-state index contributed by atoms with van der Waals surface area (Å²) >= 11 is 8.47. The molecule has 4 heteroatoms. The highest BCUT2D eigenvalue weighted by atomic mass is 127. The van der Waals surface area contributed by atoms with Crippen LogP contribution in [0.2, 0.25) is 5.02 Å². The molecule has 1 aromatic heterocycles. The van der Waals surface area contributed by atoms with Crippen LogP contribution >= 0.6 is 34.2 Å². The van der Waals surface area contributed by atoms with Gasteiger partial charge in [-0.3, -0.25) is 0 Å². The van der Waals surface area contributed by atoms with Gasteiger partial charge in [-0.2, -0.15) is 0 Å². The maximum absolute atomic E-state index is 6.22. The van der Waals surface area contributed by atoms with Crippen LogP contribution in [0.25, 0.3) is 0 Å². The first-order valence-corrected chi connectivity index (χ1v) is 7.85. The van der Waals surface area contributed by atoms with Crippen LogP contribution in [0.3, 0.4) is 0 Å². The molecule has 0 saturated heterocycles. The van der Waals surface area contributed by atoms with Gasteiger partial charge in [0, 0.05) is 9.61 Å². The number of furan rings is 1. The quantitative estimate of drug-likeness (QED) is 0.717. The lowest BCUT2D eigenvalue weighted by Crippen LogP contribution is -2.24. The minimum absolute atomic E-state index is 0.270. The van der Waals surface area contributed by atoms with E-state index < -0.39 is 0 Å². The van der Waals surface area contributed by atoms with Crippen molar-refractivity contribution in [3.05, 3.63) is 56.5 Å². The number of rotatable bonds is 6. The van der Waals surface area contributed by atoms with Crippen molar-refractivity contribution in [1.82, 2.24) is 5.32 Å². The largest absolute Gasteiger partial charge is 0.472 e. The molecule has 1 atom stereocenters. The molecule has 0 fully saturated rings. The van der Waals surface area contributed by atoms with Crippen LogP contribution in [-0.4, -0.2) is 6.54 Å². The number of halogens is 2. The van der Waals surface area contributed by atoms with E-state index in [1.807, 2.05) is 6.07 Å². The first-order valence-electron chi connectivity index (χ1n) is 6.40. The molecule has 0 aliphatic heterocycles. The van der Waals surface area contributed by atoms with E-state index in [-0.39, 0.29) is 6.04 Å². The molecule has 0 radical (unpaired) electrons. The van der Waals surface area contributed by atoms with Crippen molar-refractivity contribution in [2.24, 2.45) is 0 Å². The van der Waals surface area contributed by atoms with E-state index in [1.54, 1.807) is 12.5 Å². The molecular formula is C15H17ClINO. The minimum Gasteiger partial charge on any atom is -0.472 e. The molecule has 1 aromatic carbocycles. The van der Waals surface area contributed by atoms with Crippen molar-refractivity contribution in [3.63, 3.8) is 0 Å².